The molecule has 2 aliphatic rings. The quantitative estimate of drug-likeness (QED) is 0.626. The molecule has 1 saturated heterocycles. The van der Waals surface area contributed by atoms with Crippen molar-refractivity contribution in [1.82, 2.24) is 25.3 Å². The molecule has 1 aromatic rings. The molecule has 2 heterocycles. The highest BCUT2D eigenvalue weighted by Crippen LogP contribution is 2.33. The first kappa shape index (κ1) is 26.5. The first-order chi connectivity index (χ1) is 16.4. The third kappa shape index (κ3) is 6.14. The number of urea groups is 2. The van der Waals surface area contributed by atoms with Crippen molar-refractivity contribution in [2.45, 2.75) is 59.2 Å². The van der Waals surface area contributed by atoms with Crippen molar-refractivity contribution in [2.75, 3.05) is 39.8 Å². The van der Waals surface area contributed by atoms with Crippen molar-refractivity contribution in [3.63, 3.8) is 0 Å². The van der Waals surface area contributed by atoms with Crippen LogP contribution in [0.2, 0.25) is 0 Å². The maximum atomic E-state index is 13.2. The van der Waals surface area contributed by atoms with Gasteiger partial charge in [0.1, 0.15) is 0 Å². The summed E-state index contributed by atoms with van der Waals surface area (Å²) in [5.74, 6) is -0.432. The highest BCUT2D eigenvalue weighted by molar-refractivity contribution is 5.95. The van der Waals surface area contributed by atoms with E-state index >= 15 is 0 Å². The molecule has 1 fully saturated rings. The third-order valence-corrected chi connectivity index (χ3v) is 6.40. The summed E-state index contributed by atoms with van der Waals surface area (Å²) in [7, 11) is 1.68. The molecule has 2 N–H and O–H groups in total. The monoisotopic (exact) mass is 485 g/mol. The molecule has 0 saturated carbocycles. The molecule has 0 radical (unpaired) electrons. The Morgan fingerprint density at radius 2 is 1.89 bits per heavy atom. The standard InChI is InChI=1S/C26H39N5O4/c1-8-35-23(32)21-20(29(7)24(33)27-22(21)19-12-10-9-11-17(19)2)16-30-13-14-31(18(3)15-30)25(34)28-26(4,5)6/h9-12,18,22H,8,13-16H2,1-7H3,(H,27,33)(H,28,34). The summed E-state index contributed by atoms with van der Waals surface area (Å²) in [6.45, 7) is 14.1. The van der Waals surface area contributed by atoms with E-state index < -0.39 is 12.0 Å². The molecule has 35 heavy (non-hydrogen) atoms. The molecule has 0 aromatic heterocycles. The van der Waals surface area contributed by atoms with Gasteiger partial charge in [-0.05, 0) is 52.7 Å². The summed E-state index contributed by atoms with van der Waals surface area (Å²) in [6, 6.07) is 6.77. The summed E-state index contributed by atoms with van der Waals surface area (Å²) in [4.78, 5) is 44.4. The van der Waals surface area contributed by atoms with Crippen LogP contribution in [0.1, 0.15) is 51.8 Å². The van der Waals surface area contributed by atoms with Crippen molar-refractivity contribution in [3.05, 3.63) is 46.7 Å². The van der Waals surface area contributed by atoms with Crippen molar-refractivity contribution < 1.29 is 19.1 Å². The molecular formula is C26H39N5O4. The number of hydrogen-bond donors (Lipinski definition) is 2. The predicted octanol–water partition coefficient (Wildman–Crippen LogP) is 3.02. The van der Waals surface area contributed by atoms with Crippen LogP contribution in [-0.4, -0.2) is 84.1 Å². The van der Waals surface area contributed by atoms with Crippen LogP contribution in [0, 0.1) is 6.92 Å². The average Bonchev–Trinajstić information content (AvgIpc) is 2.76. The van der Waals surface area contributed by atoms with E-state index in [0.717, 1.165) is 11.1 Å². The second kappa shape index (κ2) is 10.7. The van der Waals surface area contributed by atoms with E-state index in [4.69, 9.17) is 4.74 Å². The molecule has 2 atom stereocenters. The Balaban J connectivity index is 1.90. The van der Waals surface area contributed by atoms with Gasteiger partial charge < -0.3 is 20.3 Å². The number of nitrogens with one attached hydrogen (secondary N) is 2. The van der Waals surface area contributed by atoms with Crippen molar-refractivity contribution in [3.8, 4) is 0 Å². The zero-order valence-corrected chi connectivity index (χ0v) is 22.0. The molecule has 9 nitrogen and oxygen atoms in total. The largest absolute Gasteiger partial charge is 0.463 e. The number of likely N-dealkylation sites (N-methyl/N-ethyl adjacent to an activating group) is 1. The maximum Gasteiger partial charge on any atom is 0.338 e. The molecule has 2 unspecified atom stereocenters. The van der Waals surface area contributed by atoms with E-state index in [9.17, 15) is 14.4 Å². The molecule has 0 spiro atoms. The fourth-order valence-electron chi connectivity index (χ4n) is 4.62. The van der Waals surface area contributed by atoms with E-state index in [2.05, 4.69) is 15.5 Å². The number of rotatable bonds is 5. The summed E-state index contributed by atoms with van der Waals surface area (Å²) in [5, 5.41) is 6.01. The molecule has 0 bridgehead atoms. The number of amides is 4. The minimum absolute atomic E-state index is 0.0207. The van der Waals surface area contributed by atoms with E-state index in [1.54, 1.807) is 14.0 Å². The lowest BCUT2D eigenvalue weighted by Crippen LogP contribution is -2.59. The SMILES string of the molecule is CCOC(=O)C1=C(CN2CCN(C(=O)NC(C)(C)C)C(C)C2)N(C)C(=O)NC1c1ccccc1C. The number of carbonyl (C=O) groups is 3. The van der Waals surface area contributed by atoms with Crippen LogP contribution in [-0.2, 0) is 9.53 Å². The summed E-state index contributed by atoms with van der Waals surface area (Å²) < 4.78 is 5.44. The van der Waals surface area contributed by atoms with Gasteiger partial charge in [-0.15, -0.1) is 0 Å². The first-order valence-electron chi connectivity index (χ1n) is 12.2. The van der Waals surface area contributed by atoms with Crippen LogP contribution in [0.15, 0.2) is 35.5 Å². The van der Waals surface area contributed by atoms with Gasteiger partial charge >= 0.3 is 18.0 Å². The van der Waals surface area contributed by atoms with Crippen LogP contribution in [0.5, 0.6) is 0 Å². The third-order valence-electron chi connectivity index (χ3n) is 6.40. The van der Waals surface area contributed by atoms with Gasteiger partial charge in [0, 0.05) is 50.5 Å². The van der Waals surface area contributed by atoms with E-state index in [-0.39, 0.29) is 30.2 Å². The Kier molecular flexibility index (Phi) is 8.10. The lowest BCUT2D eigenvalue weighted by molar-refractivity contribution is -0.139. The number of carbonyl (C=O) groups excluding carboxylic acids is 3. The highest BCUT2D eigenvalue weighted by atomic mass is 16.5. The molecule has 192 valence electrons. The second-order valence-corrected chi connectivity index (χ2v) is 10.3. The molecule has 1 aromatic carbocycles. The lowest BCUT2D eigenvalue weighted by Gasteiger charge is -2.43. The Bertz CT molecular complexity index is 1000. The molecule has 2 aliphatic heterocycles. The van der Waals surface area contributed by atoms with E-state index in [1.807, 2.05) is 63.8 Å². The number of benzene rings is 1. The van der Waals surface area contributed by atoms with Crippen LogP contribution in [0.4, 0.5) is 9.59 Å². The van der Waals surface area contributed by atoms with Crippen molar-refractivity contribution >= 4 is 18.0 Å². The number of aryl methyl sites for hydroxylation is 1. The van der Waals surface area contributed by atoms with E-state index in [1.165, 1.54) is 4.90 Å². The average molecular weight is 486 g/mol. The summed E-state index contributed by atoms with van der Waals surface area (Å²) in [6.07, 6.45) is 0. The Hall–Kier alpha value is -3.07. The molecule has 4 amide bonds. The summed E-state index contributed by atoms with van der Waals surface area (Å²) in [5.41, 5.74) is 2.61. The van der Waals surface area contributed by atoms with Gasteiger partial charge in [-0.1, -0.05) is 24.3 Å². The molecule has 0 aliphatic carbocycles. The zero-order chi connectivity index (χ0) is 25.9. The van der Waals surface area contributed by atoms with E-state index in [0.29, 0.717) is 37.4 Å². The zero-order valence-electron chi connectivity index (χ0n) is 22.0. The number of ether oxygens (including phenoxy) is 1. The predicted molar refractivity (Wildman–Crippen MR) is 135 cm³/mol. The van der Waals surface area contributed by atoms with Crippen LogP contribution in [0.25, 0.3) is 0 Å². The van der Waals surface area contributed by atoms with Gasteiger partial charge in [-0.3, -0.25) is 9.80 Å². The number of hydrogen-bond acceptors (Lipinski definition) is 5. The van der Waals surface area contributed by atoms with Gasteiger partial charge in [0.25, 0.3) is 0 Å². The number of nitrogens with zero attached hydrogens (tertiary/aromatic N) is 3. The molecular weight excluding hydrogens is 446 g/mol. The smallest absolute Gasteiger partial charge is 0.338 e. The second-order valence-electron chi connectivity index (χ2n) is 10.3. The van der Waals surface area contributed by atoms with Gasteiger partial charge in [-0.25, -0.2) is 14.4 Å². The van der Waals surface area contributed by atoms with Gasteiger partial charge in [0.05, 0.1) is 18.2 Å². The molecule has 3 rings (SSSR count). The number of esters is 1. The first-order valence-corrected chi connectivity index (χ1v) is 12.2. The number of piperazine rings is 1. The van der Waals surface area contributed by atoms with Gasteiger partial charge in [-0.2, -0.15) is 0 Å². The Morgan fingerprint density at radius 1 is 1.20 bits per heavy atom. The normalized spacial score (nSPS) is 21.6. The fourth-order valence-corrected chi connectivity index (χ4v) is 4.62. The fraction of sp³-hybridized carbons (Fsp3) is 0.577. The van der Waals surface area contributed by atoms with Gasteiger partial charge in [0.2, 0.25) is 0 Å². The van der Waals surface area contributed by atoms with Crippen molar-refractivity contribution in [1.29, 1.82) is 0 Å². The van der Waals surface area contributed by atoms with Crippen LogP contribution >= 0.6 is 0 Å². The summed E-state index contributed by atoms with van der Waals surface area (Å²) >= 11 is 0. The Morgan fingerprint density at radius 3 is 2.49 bits per heavy atom. The Labute approximate surface area is 208 Å². The molecule has 9 heteroatoms. The van der Waals surface area contributed by atoms with Gasteiger partial charge in [0.15, 0.2) is 0 Å². The maximum absolute atomic E-state index is 13.2. The van der Waals surface area contributed by atoms with Crippen molar-refractivity contribution in [2.24, 2.45) is 0 Å². The van der Waals surface area contributed by atoms with Crippen LogP contribution < -0.4 is 10.6 Å². The highest BCUT2D eigenvalue weighted by Gasteiger charge is 2.39. The minimum atomic E-state index is -0.592. The lowest BCUT2D eigenvalue weighted by atomic mass is 9.91. The minimum Gasteiger partial charge on any atom is -0.463 e. The topological polar surface area (TPSA) is 94.2 Å². The van der Waals surface area contributed by atoms with Crippen LogP contribution in [0.3, 0.4) is 0 Å².